The first-order chi connectivity index (χ1) is 8.68. The Morgan fingerprint density at radius 3 is 2.32 bits per heavy atom. The van der Waals surface area contributed by atoms with E-state index in [1.165, 1.54) is 7.11 Å². The van der Waals surface area contributed by atoms with Crippen molar-refractivity contribution in [2.45, 2.75) is 25.0 Å². The summed E-state index contributed by atoms with van der Waals surface area (Å²) in [6.45, 7) is 0.980. The van der Waals surface area contributed by atoms with Gasteiger partial charge in [-0.1, -0.05) is 0 Å². The van der Waals surface area contributed by atoms with Crippen molar-refractivity contribution in [2.24, 2.45) is 5.92 Å². The minimum atomic E-state index is -4.06. The molecule has 0 spiro atoms. The molecule has 1 aliphatic rings. The van der Waals surface area contributed by atoms with Crippen molar-refractivity contribution in [1.29, 1.82) is 0 Å². The van der Waals surface area contributed by atoms with Gasteiger partial charge in [0, 0.05) is 26.8 Å². The second-order valence-electron chi connectivity index (χ2n) is 4.43. The van der Waals surface area contributed by atoms with Gasteiger partial charge in [-0.25, -0.2) is 4.57 Å². The maximum absolute atomic E-state index is 11.3. The lowest BCUT2D eigenvalue weighted by Gasteiger charge is -2.25. The zero-order valence-corrected chi connectivity index (χ0v) is 12.9. The molecule has 0 aliphatic heterocycles. The number of phosphoric acid groups is 1. The van der Waals surface area contributed by atoms with Crippen LogP contribution in [0.3, 0.4) is 0 Å². The first-order valence-electron chi connectivity index (χ1n) is 5.73. The molecule has 10 heteroatoms. The summed E-state index contributed by atoms with van der Waals surface area (Å²) in [5.74, 6) is -0.305. The van der Waals surface area contributed by atoms with Gasteiger partial charge in [0.15, 0.2) is 0 Å². The van der Waals surface area contributed by atoms with Crippen LogP contribution in [0.25, 0.3) is 0 Å². The van der Waals surface area contributed by atoms with E-state index in [1.54, 1.807) is 0 Å². The lowest BCUT2D eigenvalue weighted by atomic mass is 10.1. The third kappa shape index (κ3) is 5.61. The van der Waals surface area contributed by atoms with Gasteiger partial charge in [0.1, 0.15) is 0 Å². The van der Waals surface area contributed by atoms with Crippen molar-refractivity contribution in [1.82, 2.24) is 0 Å². The molecule has 0 aromatic rings. The smallest absolute Gasteiger partial charge is 0.379 e. The minimum absolute atomic E-state index is 0.105. The quantitative estimate of drug-likeness (QED) is 0.677. The van der Waals surface area contributed by atoms with Gasteiger partial charge < -0.3 is 19.0 Å². The molecular weight excluding hydrogens is 298 g/mol. The van der Waals surface area contributed by atoms with Crippen molar-refractivity contribution in [2.75, 3.05) is 27.5 Å². The van der Waals surface area contributed by atoms with Gasteiger partial charge in [-0.2, -0.15) is 0 Å². The number of ether oxygens (including phenoxy) is 1. The molecule has 1 rings (SSSR count). The SMILES string of the molecule is COC1CC[C@H](COP(=O)(O)OC)[C@@H]1OP(C)(=O)O. The summed E-state index contributed by atoms with van der Waals surface area (Å²) in [7, 11) is -5.19. The highest BCUT2D eigenvalue weighted by atomic mass is 31.2. The Labute approximate surface area is 112 Å². The largest absolute Gasteiger partial charge is 0.471 e. The van der Waals surface area contributed by atoms with E-state index < -0.39 is 21.5 Å². The van der Waals surface area contributed by atoms with Crippen LogP contribution in [0.5, 0.6) is 0 Å². The predicted molar refractivity (Wildman–Crippen MR) is 66.9 cm³/mol. The number of rotatable bonds is 7. The Balaban J connectivity index is 2.65. The summed E-state index contributed by atoms with van der Waals surface area (Å²) in [5.41, 5.74) is 0. The van der Waals surface area contributed by atoms with Crippen LogP contribution in [0.2, 0.25) is 0 Å². The molecule has 2 N–H and O–H groups in total. The number of hydrogen-bond acceptors (Lipinski definition) is 6. The highest BCUT2D eigenvalue weighted by Gasteiger charge is 2.41. The molecule has 3 unspecified atom stereocenters. The van der Waals surface area contributed by atoms with Crippen LogP contribution in [-0.4, -0.2) is 49.5 Å². The highest BCUT2D eigenvalue weighted by Crippen LogP contribution is 2.47. The van der Waals surface area contributed by atoms with Crippen LogP contribution >= 0.6 is 15.4 Å². The topological polar surface area (TPSA) is 112 Å². The molecule has 1 fully saturated rings. The molecule has 0 saturated heterocycles. The molecule has 0 radical (unpaired) electrons. The van der Waals surface area contributed by atoms with E-state index in [0.29, 0.717) is 12.8 Å². The molecule has 19 heavy (non-hydrogen) atoms. The predicted octanol–water partition coefficient (Wildman–Crippen LogP) is 1.38. The Kier molecular flexibility index (Phi) is 6.17. The first kappa shape index (κ1) is 17.3. The van der Waals surface area contributed by atoms with Crippen molar-refractivity contribution >= 4 is 15.4 Å². The third-order valence-electron chi connectivity index (χ3n) is 2.96. The third-order valence-corrected chi connectivity index (χ3v) is 4.53. The second kappa shape index (κ2) is 6.78. The van der Waals surface area contributed by atoms with E-state index in [2.05, 4.69) is 4.52 Å². The van der Waals surface area contributed by atoms with Crippen LogP contribution in [-0.2, 0) is 27.4 Å². The second-order valence-corrected chi connectivity index (χ2v) is 7.81. The molecule has 0 amide bonds. The molecule has 0 bridgehead atoms. The zero-order valence-electron chi connectivity index (χ0n) is 11.1. The van der Waals surface area contributed by atoms with Crippen molar-refractivity contribution in [3.8, 4) is 0 Å². The summed E-state index contributed by atoms with van der Waals surface area (Å²) in [4.78, 5) is 18.5. The van der Waals surface area contributed by atoms with Gasteiger partial charge in [0.2, 0.25) is 0 Å². The molecule has 0 heterocycles. The molecule has 1 saturated carbocycles. The summed E-state index contributed by atoms with van der Waals surface area (Å²) < 4.78 is 41.9. The standard InChI is InChI=1S/C9H20O8P2/c1-14-8-5-4-7(6-16-19(12,13)15-2)9(8)17-18(3,10)11/h7-9H,4-6H2,1-3H3,(H,10,11)(H,12,13)/t7-,8?,9+/m1/s1. The monoisotopic (exact) mass is 318 g/mol. The van der Waals surface area contributed by atoms with E-state index in [0.717, 1.165) is 13.8 Å². The van der Waals surface area contributed by atoms with Crippen LogP contribution in [0.15, 0.2) is 0 Å². The Morgan fingerprint density at radius 1 is 1.21 bits per heavy atom. The maximum atomic E-state index is 11.3. The van der Waals surface area contributed by atoms with Gasteiger partial charge in [0.05, 0.1) is 18.8 Å². The van der Waals surface area contributed by atoms with E-state index in [4.69, 9.17) is 18.7 Å². The summed E-state index contributed by atoms with van der Waals surface area (Å²) in [6, 6.07) is 0. The number of methoxy groups -OCH3 is 1. The van der Waals surface area contributed by atoms with Crippen LogP contribution < -0.4 is 0 Å². The van der Waals surface area contributed by atoms with Gasteiger partial charge in [-0.05, 0) is 12.8 Å². The van der Waals surface area contributed by atoms with Crippen LogP contribution in [0, 0.1) is 5.92 Å². The fraction of sp³-hybridized carbons (Fsp3) is 1.00. The van der Waals surface area contributed by atoms with E-state index >= 15 is 0 Å². The molecule has 0 aromatic heterocycles. The fourth-order valence-electron chi connectivity index (χ4n) is 2.06. The number of phosphoric ester groups is 1. The lowest BCUT2D eigenvalue weighted by molar-refractivity contribution is -0.00738. The average molecular weight is 318 g/mol. The van der Waals surface area contributed by atoms with Crippen LogP contribution in [0.1, 0.15) is 12.8 Å². The Bertz CT molecular complexity index is 380. The normalized spacial score (nSPS) is 33.8. The minimum Gasteiger partial charge on any atom is -0.379 e. The van der Waals surface area contributed by atoms with Crippen LogP contribution in [0.4, 0.5) is 0 Å². The summed E-state index contributed by atoms with van der Waals surface area (Å²) >= 11 is 0. The van der Waals surface area contributed by atoms with Crippen molar-refractivity contribution in [3.63, 3.8) is 0 Å². The molecule has 1 aliphatic carbocycles. The fourth-order valence-corrected chi connectivity index (χ4v) is 3.31. The first-order valence-corrected chi connectivity index (χ1v) is 9.25. The molecule has 5 atom stereocenters. The molecule has 114 valence electrons. The summed E-state index contributed by atoms with van der Waals surface area (Å²) in [6.07, 6.45) is 0.238. The van der Waals surface area contributed by atoms with Gasteiger partial charge in [-0.15, -0.1) is 0 Å². The molecule has 8 nitrogen and oxygen atoms in total. The van der Waals surface area contributed by atoms with Gasteiger partial charge in [0.25, 0.3) is 0 Å². The number of hydrogen-bond donors (Lipinski definition) is 2. The van der Waals surface area contributed by atoms with Crippen molar-refractivity contribution < 1.29 is 37.2 Å². The van der Waals surface area contributed by atoms with E-state index in [-0.39, 0.29) is 18.6 Å². The lowest BCUT2D eigenvalue weighted by Crippen LogP contribution is -2.31. The molecule has 0 aromatic carbocycles. The maximum Gasteiger partial charge on any atom is 0.471 e. The average Bonchev–Trinajstić information content (AvgIpc) is 2.67. The van der Waals surface area contributed by atoms with E-state index in [9.17, 15) is 14.0 Å². The Hall–Kier alpha value is 0.220. The van der Waals surface area contributed by atoms with Gasteiger partial charge in [-0.3, -0.25) is 13.6 Å². The Morgan fingerprint density at radius 2 is 1.84 bits per heavy atom. The van der Waals surface area contributed by atoms with E-state index in [1.807, 2.05) is 0 Å². The highest BCUT2D eigenvalue weighted by molar-refractivity contribution is 7.51. The van der Waals surface area contributed by atoms with Gasteiger partial charge >= 0.3 is 15.4 Å². The summed E-state index contributed by atoms with van der Waals surface area (Å²) in [5, 5.41) is 0. The molecular formula is C9H20O8P2. The zero-order chi connectivity index (χ0) is 14.7. The van der Waals surface area contributed by atoms with Crippen molar-refractivity contribution in [3.05, 3.63) is 0 Å².